The Morgan fingerprint density at radius 2 is 1.71 bits per heavy atom. The van der Waals surface area contributed by atoms with E-state index in [1.54, 1.807) is 24.5 Å². The van der Waals surface area contributed by atoms with Gasteiger partial charge < -0.3 is 20.1 Å². The van der Waals surface area contributed by atoms with Crippen molar-refractivity contribution < 1.29 is 22.4 Å². The van der Waals surface area contributed by atoms with Crippen molar-refractivity contribution in [2.75, 3.05) is 36.4 Å². The third kappa shape index (κ3) is 4.88. The van der Waals surface area contributed by atoms with Gasteiger partial charge in [0.05, 0.1) is 5.69 Å². The SMILES string of the molecule is CC(C)(C(=O)N1CCN(c2ccc(Nc3nccc(-c4c[nH]c5ccc(F)cc45)n3)cc2)CC1)C(F)(F)F. The van der Waals surface area contributed by atoms with Crippen LogP contribution in [-0.4, -0.2) is 58.1 Å². The second kappa shape index (κ2) is 9.62. The highest BCUT2D eigenvalue weighted by Gasteiger charge is 2.54. The maximum Gasteiger partial charge on any atom is 0.402 e. The van der Waals surface area contributed by atoms with Gasteiger partial charge in [-0.15, -0.1) is 0 Å². The molecule has 0 radical (unpaired) electrons. The Kier molecular flexibility index (Phi) is 6.46. The number of alkyl halides is 3. The molecule has 0 aliphatic carbocycles. The molecule has 7 nitrogen and oxygen atoms in total. The van der Waals surface area contributed by atoms with Gasteiger partial charge in [-0.2, -0.15) is 13.2 Å². The lowest BCUT2D eigenvalue weighted by Crippen LogP contribution is -2.55. The van der Waals surface area contributed by atoms with Gasteiger partial charge in [-0.25, -0.2) is 14.4 Å². The van der Waals surface area contributed by atoms with E-state index in [9.17, 15) is 22.4 Å². The van der Waals surface area contributed by atoms with Crippen molar-refractivity contribution in [2.24, 2.45) is 5.41 Å². The Bertz CT molecular complexity index is 1460. The predicted octanol–water partition coefficient (Wildman–Crippen LogP) is 5.74. The number of hydrogen-bond donors (Lipinski definition) is 2. The number of nitrogens with zero attached hydrogens (tertiary/aromatic N) is 4. The average molecular weight is 527 g/mol. The summed E-state index contributed by atoms with van der Waals surface area (Å²) >= 11 is 0. The van der Waals surface area contributed by atoms with Crippen molar-refractivity contribution in [1.82, 2.24) is 19.9 Å². The van der Waals surface area contributed by atoms with Gasteiger partial charge in [0.1, 0.15) is 11.2 Å². The molecule has 198 valence electrons. The van der Waals surface area contributed by atoms with Crippen LogP contribution in [0.5, 0.6) is 0 Å². The molecular weight excluding hydrogens is 500 g/mol. The molecule has 4 aromatic rings. The second-order valence-corrected chi connectivity index (χ2v) is 9.73. The van der Waals surface area contributed by atoms with Gasteiger partial charge in [-0.05, 0) is 62.4 Å². The van der Waals surface area contributed by atoms with E-state index in [1.807, 2.05) is 29.2 Å². The summed E-state index contributed by atoms with van der Waals surface area (Å²) < 4.78 is 53.5. The van der Waals surface area contributed by atoms with Crippen molar-refractivity contribution in [3.63, 3.8) is 0 Å². The van der Waals surface area contributed by atoms with Crippen molar-refractivity contribution >= 4 is 34.1 Å². The van der Waals surface area contributed by atoms with Gasteiger partial charge in [0.2, 0.25) is 11.9 Å². The molecular formula is C27H26F4N6O. The van der Waals surface area contributed by atoms with Crippen LogP contribution in [0.25, 0.3) is 22.2 Å². The van der Waals surface area contributed by atoms with Crippen molar-refractivity contribution in [3.8, 4) is 11.3 Å². The van der Waals surface area contributed by atoms with Crippen molar-refractivity contribution in [2.45, 2.75) is 20.0 Å². The Hall–Kier alpha value is -4.15. The standard InChI is InChI=1S/C27H26F4N6O/c1-26(2,27(29,30)31)24(38)37-13-11-36(12-14-37)19-6-4-18(5-7-19)34-25-32-10-9-23(35-25)21-16-33-22-8-3-17(28)15-20(21)22/h3-10,15-16,33H,11-14H2,1-2H3,(H,32,34,35). The van der Waals surface area contributed by atoms with E-state index in [1.165, 1.54) is 17.0 Å². The van der Waals surface area contributed by atoms with Crippen LogP contribution < -0.4 is 10.2 Å². The summed E-state index contributed by atoms with van der Waals surface area (Å²) in [4.78, 5) is 27.7. The maximum atomic E-state index is 13.8. The molecule has 1 fully saturated rings. The number of anilines is 3. The Labute approximate surface area is 216 Å². The quantitative estimate of drug-likeness (QED) is 0.324. The van der Waals surface area contributed by atoms with Crippen LogP contribution in [0.15, 0.2) is 60.9 Å². The first kappa shape index (κ1) is 25.5. The third-order valence-corrected chi connectivity index (χ3v) is 6.87. The molecule has 1 saturated heterocycles. The number of halogens is 4. The fraction of sp³-hybridized carbons (Fsp3) is 0.296. The molecule has 0 saturated carbocycles. The van der Waals surface area contributed by atoms with Crippen LogP contribution in [0, 0.1) is 11.2 Å². The number of benzene rings is 2. The highest BCUT2D eigenvalue weighted by Crippen LogP contribution is 2.39. The fourth-order valence-electron chi connectivity index (χ4n) is 4.44. The number of amides is 1. The Morgan fingerprint density at radius 1 is 1.00 bits per heavy atom. The Balaban J connectivity index is 1.23. The minimum Gasteiger partial charge on any atom is -0.368 e. The molecule has 0 spiro atoms. The van der Waals surface area contributed by atoms with Crippen LogP contribution >= 0.6 is 0 Å². The first-order valence-electron chi connectivity index (χ1n) is 12.1. The molecule has 1 aliphatic rings. The van der Waals surface area contributed by atoms with Gasteiger partial charge in [0, 0.05) is 66.4 Å². The highest BCUT2D eigenvalue weighted by molar-refractivity contribution is 5.94. The smallest absolute Gasteiger partial charge is 0.368 e. The van der Waals surface area contributed by atoms with E-state index >= 15 is 0 Å². The molecule has 0 atom stereocenters. The number of aromatic amines is 1. The van der Waals surface area contributed by atoms with Crippen LogP contribution in [0.4, 0.5) is 34.9 Å². The molecule has 0 unspecified atom stereocenters. The van der Waals surface area contributed by atoms with Crippen molar-refractivity contribution in [1.29, 1.82) is 0 Å². The van der Waals surface area contributed by atoms with Crippen LogP contribution in [0.3, 0.4) is 0 Å². The molecule has 11 heteroatoms. The minimum absolute atomic E-state index is 0.219. The average Bonchev–Trinajstić information content (AvgIpc) is 3.31. The molecule has 2 N–H and O–H groups in total. The van der Waals surface area contributed by atoms with Gasteiger partial charge in [0.15, 0.2) is 0 Å². The third-order valence-electron chi connectivity index (χ3n) is 6.87. The number of fused-ring (bicyclic) bond motifs is 1. The Morgan fingerprint density at radius 3 is 2.39 bits per heavy atom. The van der Waals surface area contributed by atoms with Gasteiger partial charge >= 0.3 is 6.18 Å². The maximum absolute atomic E-state index is 13.8. The lowest BCUT2D eigenvalue weighted by molar-refractivity contribution is -0.217. The molecule has 38 heavy (non-hydrogen) atoms. The molecule has 1 amide bonds. The molecule has 0 bridgehead atoms. The largest absolute Gasteiger partial charge is 0.402 e. The monoisotopic (exact) mass is 526 g/mol. The zero-order valence-electron chi connectivity index (χ0n) is 20.8. The summed E-state index contributed by atoms with van der Waals surface area (Å²) in [5, 5.41) is 3.89. The first-order chi connectivity index (χ1) is 18.0. The number of aromatic nitrogens is 3. The number of nitrogens with one attached hydrogen (secondary N) is 2. The summed E-state index contributed by atoms with van der Waals surface area (Å²) in [6.45, 7) is 3.15. The first-order valence-corrected chi connectivity index (χ1v) is 12.1. The number of carbonyl (C=O) groups is 1. The van der Waals surface area contributed by atoms with Gasteiger partial charge in [-0.3, -0.25) is 4.79 Å². The van der Waals surface area contributed by atoms with Gasteiger partial charge in [-0.1, -0.05) is 0 Å². The summed E-state index contributed by atoms with van der Waals surface area (Å²) in [5.41, 5.74) is 1.43. The number of piperazine rings is 1. The van der Waals surface area contributed by atoms with E-state index in [0.717, 1.165) is 41.7 Å². The number of carbonyl (C=O) groups excluding carboxylic acids is 1. The normalized spacial score (nSPS) is 14.7. The highest BCUT2D eigenvalue weighted by atomic mass is 19.4. The van der Waals surface area contributed by atoms with Crippen LogP contribution in [0.2, 0.25) is 0 Å². The number of hydrogen-bond acceptors (Lipinski definition) is 5. The zero-order chi connectivity index (χ0) is 27.1. The van der Waals surface area contributed by atoms with Gasteiger partial charge in [0.25, 0.3) is 0 Å². The molecule has 2 aromatic carbocycles. The second-order valence-electron chi connectivity index (χ2n) is 9.73. The number of H-pyrrole nitrogens is 1. The van der Waals surface area contributed by atoms with E-state index < -0.39 is 17.5 Å². The fourth-order valence-corrected chi connectivity index (χ4v) is 4.44. The zero-order valence-corrected chi connectivity index (χ0v) is 20.8. The van der Waals surface area contributed by atoms with Crippen LogP contribution in [-0.2, 0) is 4.79 Å². The van der Waals surface area contributed by atoms with Crippen LogP contribution in [0.1, 0.15) is 13.8 Å². The van der Waals surface area contributed by atoms with E-state index in [2.05, 4.69) is 20.3 Å². The summed E-state index contributed by atoms with van der Waals surface area (Å²) in [6, 6.07) is 13.8. The predicted molar refractivity (Wildman–Crippen MR) is 138 cm³/mol. The summed E-state index contributed by atoms with van der Waals surface area (Å²) in [7, 11) is 0. The number of rotatable bonds is 5. The summed E-state index contributed by atoms with van der Waals surface area (Å²) in [6.07, 6.45) is -1.19. The lowest BCUT2D eigenvalue weighted by Gasteiger charge is -2.40. The molecule has 3 heterocycles. The molecule has 1 aliphatic heterocycles. The lowest BCUT2D eigenvalue weighted by atomic mass is 9.90. The van der Waals surface area contributed by atoms with E-state index in [0.29, 0.717) is 24.7 Å². The van der Waals surface area contributed by atoms with E-state index in [4.69, 9.17) is 0 Å². The summed E-state index contributed by atoms with van der Waals surface area (Å²) in [5.74, 6) is -0.853. The molecule has 2 aromatic heterocycles. The van der Waals surface area contributed by atoms with E-state index in [-0.39, 0.29) is 18.9 Å². The molecule has 5 rings (SSSR count). The minimum atomic E-state index is -4.60. The topological polar surface area (TPSA) is 77.2 Å². The van der Waals surface area contributed by atoms with Crippen molar-refractivity contribution in [3.05, 3.63) is 66.7 Å².